The molecule has 3 rings (SSSR count). The summed E-state index contributed by atoms with van der Waals surface area (Å²) in [4.78, 5) is 17.4. The van der Waals surface area contributed by atoms with Crippen LogP contribution in [0.4, 0.5) is 5.13 Å². The van der Waals surface area contributed by atoms with E-state index in [4.69, 9.17) is 4.74 Å². The molecule has 0 fully saturated rings. The van der Waals surface area contributed by atoms with Gasteiger partial charge in [-0.05, 0) is 61.4 Å². The molecule has 1 aromatic heterocycles. The first-order valence-electron chi connectivity index (χ1n) is 11.5. The van der Waals surface area contributed by atoms with Crippen molar-refractivity contribution in [1.82, 2.24) is 9.29 Å². The Hall–Kier alpha value is -2.75. The summed E-state index contributed by atoms with van der Waals surface area (Å²) in [6, 6.07) is 13.7. The molecule has 182 valence electrons. The molecule has 0 saturated heterocycles. The Morgan fingerprint density at radius 2 is 1.74 bits per heavy atom. The Bertz CT molecular complexity index is 1170. The predicted octanol–water partition coefficient (Wildman–Crippen LogP) is 5.66. The molecule has 34 heavy (non-hydrogen) atoms. The summed E-state index contributed by atoms with van der Waals surface area (Å²) < 4.78 is 32.8. The number of nitrogens with zero attached hydrogens (tertiary/aromatic N) is 2. The van der Waals surface area contributed by atoms with E-state index in [0.717, 1.165) is 36.3 Å². The van der Waals surface area contributed by atoms with Crippen molar-refractivity contribution in [2.24, 2.45) is 0 Å². The molecule has 0 saturated carbocycles. The van der Waals surface area contributed by atoms with Gasteiger partial charge < -0.3 is 4.74 Å². The van der Waals surface area contributed by atoms with Crippen LogP contribution in [0.25, 0.3) is 11.3 Å². The number of unbranched alkanes of at least 4 members (excludes halogenated alkanes) is 1. The fourth-order valence-electron chi connectivity index (χ4n) is 3.28. The summed E-state index contributed by atoms with van der Waals surface area (Å²) in [5.41, 5.74) is 2.05. The van der Waals surface area contributed by atoms with E-state index in [1.165, 1.54) is 39.9 Å². The van der Waals surface area contributed by atoms with Crippen LogP contribution in [0, 0.1) is 0 Å². The third kappa shape index (κ3) is 6.43. The number of nitrogens with one attached hydrogen (secondary N) is 1. The number of amides is 1. The highest BCUT2D eigenvalue weighted by Gasteiger charge is 2.22. The van der Waals surface area contributed by atoms with E-state index >= 15 is 0 Å². The van der Waals surface area contributed by atoms with Crippen LogP contribution < -0.4 is 10.1 Å². The van der Waals surface area contributed by atoms with Crippen molar-refractivity contribution in [1.29, 1.82) is 0 Å². The van der Waals surface area contributed by atoms with Crippen molar-refractivity contribution in [3.63, 3.8) is 0 Å². The van der Waals surface area contributed by atoms with E-state index in [1.807, 2.05) is 43.5 Å². The van der Waals surface area contributed by atoms with Crippen molar-refractivity contribution in [2.75, 3.05) is 25.0 Å². The molecule has 0 bridgehead atoms. The van der Waals surface area contributed by atoms with Crippen molar-refractivity contribution in [2.45, 2.75) is 44.9 Å². The zero-order valence-corrected chi connectivity index (χ0v) is 21.4. The smallest absolute Gasteiger partial charge is 0.257 e. The number of anilines is 1. The molecule has 9 heteroatoms. The summed E-state index contributed by atoms with van der Waals surface area (Å²) in [5.74, 6) is 0.471. The zero-order valence-electron chi connectivity index (χ0n) is 19.8. The van der Waals surface area contributed by atoms with Gasteiger partial charge in [0.2, 0.25) is 10.0 Å². The lowest BCUT2D eigenvalue weighted by Gasteiger charge is -2.20. The molecule has 0 spiro atoms. The number of hydrogen-bond acceptors (Lipinski definition) is 6. The topological polar surface area (TPSA) is 88.6 Å². The maximum Gasteiger partial charge on any atom is 0.257 e. The minimum Gasteiger partial charge on any atom is -0.494 e. The SMILES string of the molecule is CCCCN(CC)S(=O)(=O)c1ccc(C(=O)Nc2nc(-c3ccc(OCCC)cc3)cs2)cc1. The van der Waals surface area contributed by atoms with Crippen LogP contribution in [0.2, 0.25) is 0 Å². The summed E-state index contributed by atoms with van der Waals surface area (Å²) >= 11 is 1.33. The van der Waals surface area contributed by atoms with Crippen LogP contribution in [0.15, 0.2) is 58.8 Å². The Morgan fingerprint density at radius 3 is 2.35 bits per heavy atom. The standard InChI is InChI=1S/C25H31N3O4S2/c1-4-7-16-28(6-3)34(30,31)22-14-10-20(11-15-22)24(29)27-25-26-23(18-33-25)19-8-12-21(13-9-19)32-17-5-2/h8-15,18H,4-7,16-17H2,1-3H3,(H,26,27,29). The lowest BCUT2D eigenvalue weighted by atomic mass is 10.2. The highest BCUT2D eigenvalue weighted by Crippen LogP contribution is 2.27. The molecule has 0 atom stereocenters. The number of aromatic nitrogens is 1. The van der Waals surface area contributed by atoms with Crippen LogP contribution in [0.3, 0.4) is 0 Å². The number of ether oxygens (including phenoxy) is 1. The lowest BCUT2D eigenvalue weighted by Crippen LogP contribution is -2.31. The summed E-state index contributed by atoms with van der Waals surface area (Å²) in [5, 5.41) is 5.14. The minimum absolute atomic E-state index is 0.185. The molecule has 0 aliphatic rings. The van der Waals surface area contributed by atoms with Gasteiger partial charge in [0.15, 0.2) is 5.13 Å². The average molecular weight is 502 g/mol. The Kier molecular flexibility index (Phi) is 9.20. The predicted molar refractivity (Wildman–Crippen MR) is 137 cm³/mol. The van der Waals surface area contributed by atoms with Crippen LogP contribution in [-0.4, -0.2) is 43.3 Å². The average Bonchev–Trinajstić information content (AvgIpc) is 3.32. The number of benzene rings is 2. The number of sulfonamides is 1. The fourth-order valence-corrected chi connectivity index (χ4v) is 5.49. The van der Waals surface area contributed by atoms with Gasteiger partial charge in [-0.2, -0.15) is 4.31 Å². The highest BCUT2D eigenvalue weighted by molar-refractivity contribution is 7.89. The second-order valence-corrected chi connectivity index (χ2v) is 10.5. The number of carbonyl (C=O) groups excluding carboxylic acids is 1. The van der Waals surface area contributed by atoms with Crippen LogP contribution in [0.1, 0.15) is 50.4 Å². The quantitative estimate of drug-likeness (QED) is 0.346. The first-order valence-corrected chi connectivity index (χ1v) is 13.8. The first-order chi connectivity index (χ1) is 16.4. The van der Waals surface area contributed by atoms with Crippen molar-refractivity contribution in [3.05, 3.63) is 59.5 Å². The molecule has 3 aromatic rings. The molecule has 0 aliphatic heterocycles. The molecule has 0 unspecified atom stereocenters. The summed E-state index contributed by atoms with van der Waals surface area (Å²) in [7, 11) is -3.58. The lowest BCUT2D eigenvalue weighted by molar-refractivity contribution is 0.102. The van der Waals surface area contributed by atoms with E-state index in [9.17, 15) is 13.2 Å². The van der Waals surface area contributed by atoms with Gasteiger partial charge in [0.25, 0.3) is 5.91 Å². The molecular weight excluding hydrogens is 470 g/mol. The molecule has 1 heterocycles. The Morgan fingerprint density at radius 1 is 1.03 bits per heavy atom. The fraction of sp³-hybridized carbons (Fsp3) is 0.360. The highest BCUT2D eigenvalue weighted by atomic mass is 32.2. The Labute approximate surface area is 205 Å². The second kappa shape index (κ2) is 12.1. The van der Waals surface area contributed by atoms with Gasteiger partial charge in [-0.25, -0.2) is 13.4 Å². The number of rotatable bonds is 12. The normalized spacial score (nSPS) is 11.5. The third-order valence-electron chi connectivity index (χ3n) is 5.22. The molecule has 0 radical (unpaired) electrons. The molecule has 0 aliphatic carbocycles. The monoisotopic (exact) mass is 501 g/mol. The van der Waals surface area contributed by atoms with Crippen molar-refractivity contribution >= 4 is 32.4 Å². The van der Waals surface area contributed by atoms with E-state index in [1.54, 1.807) is 0 Å². The van der Waals surface area contributed by atoms with Crippen molar-refractivity contribution in [3.8, 4) is 17.0 Å². The Balaban J connectivity index is 1.66. The maximum atomic E-state index is 12.9. The number of thiazole rings is 1. The molecule has 2 aromatic carbocycles. The van der Waals surface area contributed by atoms with Crippen LogP contribution in [-0.2, 0) is 10.0 Å². The van der Waals surface area contributed by atoms with Gasteiger partial charge in [0.1, 0.15) is 5.75 Å². The minimum atomic E-state index is -3.58. The van der Waals surface area contributed by atoms with Gasteiger partial charge in [0.05, 0.1) is 17.2 Å². The molecule has 1 amide bonds. The van der Waals surface area contributed by atoms with E-state index in [0.29, 0.717) is 30.4 Å². The van der Waals surface area contributed by atoms with Crippen molar-refractivity contribution < 1.29 is 17.9 Å². The number of carbonyl (C=O) groups is 1. The van der Waals surface area contributed by atoms with Gasteiger partial charge in [-0.3, -0.25) is 10.1 Å². The summed E-state index contributed by atoms with van der Waals surface area (Å²) in [6.45, 7) is 7.48. The van der Waals surface area contributed by atoms with Crippen LogP contribution in [0.5, 0.6) is 5.75 Å². The van der Waals surface area contributed by atoms with E-state index in [-0.39, 0.29) is 10.8 Å². The zero-order chi connectivity index (χ0) is 24.6. The molecular formula is C25H31N3O4S2. The van der Waals surface area contributed by atoms with Gasteiger partial charge in [-0.1, -0.05) is 27.2 Å². The molecule has 7 nitrogen and oxygen atoms in total. The largest absolute Gasteiger partial charge is 0.494 e. The van der Waals surface area contributed by atoms with E-state index < -0.39 is 10.0 Å². The molecule has 1 N–H and O–H groups in total. The first kappa shape index (κ1) is 25.9. The van der Waals surface area contributed by atoms with Gasteiger partial charge in [0, 0.05) is 29.6 Å². The number of hydrogen-bond donors (Lipinski definition) is 1. The third-order valence-corrected chi connectivity index (χ3v) is 7.96. The van der Waals surface area contributed by atoms with Gasteiger partial charge in [-0.15, -0.1) is 11.3 Å². The maximum absolute atomic E-state index is 12.9. The second-order valence-electron chi connectivity index (χ2n) is 7.74. The van der Waals surface area contributed by atoms with E-state index in [2.05, 4.69) is 17.2 Å². The summed E-state index contributed by atoms with van der Waals surface area (Å²) in [6.07, 6.45) is 2.67. The van der Waals surface area contributed by atoms with Gasteiger partial charge >= 0.3 is 0 Å². The van der Waals surface area contributed by atoms with Crippen LogP contribution >= 0.6 is 11.3 Å².